The van der Waals surface area contributed by atoms with Gasteiger partial charge in [0.15, 0.2) is 0 Å². The maximum absolute atomic E-state index is 12.8. The highest BCUT2D eigenvalue weighted by Crippen LogP contribution is 2.22. The van der Waals surface area contributed by atoms with Crippen LogP contribution in [0.5, 0.6) is 0 Å². The summed E-state index contributed by atoms with van der Waals surface area (Å²) in [4.78, 5) is 24.9. The fourth-order valence-corrected chi connectivity index (χ4v) is 2.73. The van der Waals surface area contributed by atoms with E-state index in [9.17, 15) is 14.9 Å². The second-order valence-electron chi connectivity index (χ2n) is 6.11. The van der Waals surface area contributed by atoms with Gasteiger partial charge < -0.3 is 14.6 Å². The lowest BCUT2D eigenvalue weighted by Crippen LogP contribution is -2.34. The molecule has 7 heteroatoms. The zero-order valence-electron chi connectivity index (χ0n) is 14.8. The van der Waals surface area contributed by atoms with Crippen molar-refractivity contribution < 1.29 is 14.1 Å². The van der Waals surface area contributed by atoms with Crippen LogP contribution in [0.25, 0.3) is 0 Å². The van der Waals surface area contributed by atoms with E-state index in [0.29, 0.717) is 30.1 Å². The lowest BCUT2D eigenvalue weighted by atomic mass is 10.2. The highest BCUT2D eigenvalue weighted by Gasteiger charge is 2.17. The molecule has 0 atom stereocenters. The van der Waals surface area contributed by atoms with Crippen LogP contribution in [0.3, 0.4) is 0 Å². The Bertz CT molecular complexity index is 924. The first-order valence-corrected chi connectivity index (χ1v) is 8.40. The molecule has 2 aromatic carbocycles. The van der Waals surface area contributed by atoms with Crippen molar-refractivity contribution in [2.75, 3.05) is 5.32 Å². The van der Waals surface area contributed by atoms with Gasteiger partial charge >= 0.3 is 6.03 Å². The summed E-state index contributed by atoms with van der Waals surface area (Å²) >= 11 is 0. The number of furan rings is 1. The molecular formula is C20H19N3O4. The summed E-state index contributed by atoms with van der Waals surface area (Å²) < 4.78 is 5.37. The van der Waals surface area contributed by atoms with E-state index in [0.717, 1.165) is 5.56 Å². The van der Waals surface area contributed by atoms with Crippen molar-refractivity contribution >= 4 is 17.4 Å². The molecule has 7 nitrogen and oxygen atoms in total. The van der Waals surface area contributed by atoms with Crippen LogP contribution in [0.4, 0.5) is 16.2 Å². The fraction of sp³-hybridized carbons (Fsp3) is 0.150. The number of rotatable bonds is 6. The number of hydrogen-bond donors (Lipinski definition) is 1. The molecule has 0 bridgehead atoms. The molecule has 0 radical (unpaired) electrons. The summed E-state index contributed by atoms with van der Waals surface area (Å²) in [6, 6.07) is 17.4. The van der Waals surface area contributed by atoms with E-state index in [2.05, 4.69) is 5.32 Å². The molecule has 0 spiro atoms. The van der Waals surface area contributed by atoms with Crippen LogP contribution >= 0.6 is 0 Å². The van der Waals surface area contributed by atoms with Gasteiger partial charge in [-0.15, -0.1) is 0 Å². The first-order valence-electron chi connectivity index (χ1n) is 8.40. The first-order chi connectivity index (χ1) is 13.0. The van der Waals surface area contributed by atoms with Gasteiger partial charge in [-0.25, -0.2) is 4.79 Å². The van der Waals surface area contributed by atoms with Gasteiger partial charge in [0.1, 0.15) is 5.76 Å². The normalized spacial score (nSPS) is 10.4. The number of carbonyl (C=O) groups is 1. The molecule has 3 aromatic rings. The maximum Gasteiger partial charge on any atom is 0.322 e. The fourth-order valence-electron chi connectivity index (χ4n) is 2.73. The highest BCUT2D eigenvalue weighted by atomic mass is 16.6. The number of carbonyl (C=O) groups excluding carboxylic acids is 1. The van der Waals surface area contributed by atoms with Crippen molar-refractivity contribution in [3.05, 3.63) is 93.9 Å². The summed E-state index contributed by atoms with van der Waals surface area (Å²) in [7, 11) is 0. The molecule has 2 amide bonds. The molecule has 0 aliphatic rings. The monoisotopic (exact) mass is 365 g/mol. The van der Waals surface area contributed by atoms with E-state index < -0.39 is 4.92 Å². The Balaban J connectivity index is 1.77. The maximum atomic E-state index is 12.8. The lowest BCUT2D eigenvalue weighted by molar-refractivity contribution is -0.385. The minimum atomic E-state index is -0.445. The summed E-state index contributed by atoms with van der Waals surface area (Å²) in [6.07, 6.45) is 1.56. The molecular weight excluding hydrogens is 346 g/mol. The van der Waals surface area contributed by atoms with Gasteiger partial charge in [-0.2, -0.15) is 0 Å². The van der Waals surface area contributed by atoms with Crippen molar-refractivity contribution in [1.29, 1.82) is 0 Å². The van der Waals surface area contributed by atoms with Gasteiger partial charge in [-0.1, -0.05) is 30.3 Å². The standard InChI is InChI=1S/C20H19N3O4/c1-15-12-17(9-10-19(15)23(25)26)21-20(24)22(14-18-8-5-11-27-18)13-16-6-3-2-4-7-16/h2-12H,13-14H2,1H3,(H,21,24). The Kier molecular flexibility index (Phi) is 5.51. The Morgan fingerprint density at radius 2 is 1.89 bits per heavy atom. The van der Waals surface area contributed by atoms with E-state index in [-0.39, 0.29) is 11.7 Å². The number of benzene rings is 2. The number of anilines is 1. The molecule has 1 heterocycles. The topological polar surface area (TPSA) is 88.6 Å². The number of nitrogens with one attached hydrogen (secondary N) is 1. The predicted molar refractivity (Wildman–Crippen MR) is 101 cm³/mol. The van der Waals surface area contributed by atoms with Crippen molar-refractivity contribution in [3.8, 4) is 0 Å². The van der Waals surface area contributed by atoms with E-state index in [1.165, 1.54) is 12.1 Å². The van der Waals surface area contributed by atoms with E-state index in [1.54, 1.807) is 36.3 Å². The molecule has 0 unspecified atom stereocenters. The minimum Gasteiger partial charge on any atom is -0.467 e. The third-order valence-electron chi connectivity index (χ3n) is 4.08. The molecule has 3 rings (SSSR count). The van der Waals surface area contributed by atoms with Gasteiger partial charge in [0.05, 0.1) is 17.7 Å². The number of amides is 2. The SMILES string of the molecule is Cc1cc(NC(=O)N(Cc2ccccc2)Cc2ccco2)ccc1[N+](=O)[O-]. The zero-order chi connectivity index (χ0) is 19.2. The van der Waals surface area contributed by atoms with E-state index >= 15 is 0 Å². The average Bonchev–Trinajstić information content (AvgIpc) is 3.15. The average molecular weight is 365 g/mol. The summed E-state index contributed by atoms with van der Waals surface area (Å²) in [6.45, 7) is 2.34. The Labute approximate surface area is 156 Å². The van der Waals surface area contributed by atoms with Crippen molar-refractivity contribution in [1.82, 2.24) is 4.90 Å². The van der Waals surface area contributed by atoms with E-state index in [4.69, 9.17) is 4.42 Å². The minimum absolute atomic E-state index is 0.0183. The smallest absolute Gasteiger partial charge is 0.322 e. The van der Waals surface area contributed by atoms with Crippen molar-refractivity contribution in [3.63, 3.8) is 0 Å². The number of nitro groups is 1. The molecule has 1 N–H and O–H groups in total. The largest absolute Gasteiger partial charge is 0.467 e. The highest BCUT2D eigenvalue weighted by molar-refractivity contribution is 5.89. The third kappa shape index (κ3) is 4.72. The number of nitro benzene ring substituents is 1. The van der Waals surface area contributed by atoms with Crippen LogP contribution in [0.15, 0.2) is 71.3 Å². The van der Waals surface area contributed by atoms with Gasteiger partial charge in [0, 0.05) is 23.9 Å². The number of urea groups is 1. The lowest BCUT2D eigenvalue weighted by Gasteiger charge is -2.22. The van der Waals surface area contributed by atoms with Crippen LogP contribution in [0.1, 0.15) is 16.9 Å². The second-order valence-corrected chi connectivity index (χ2v) is 6.11. The van der Waals surface area contributed by atoms with Gasteiger partial charge in [-0.3, -0.25) is 10.1 Å². The predicted octanol–water partition coefficient (Wildman–Crippen LogP) is 4.73. The van der Waals surface area contributed by atoms with Crippen LogP contribution in [-0.4, -0.2) is 15.9 Å². The van der Waals surface area contributed by atoms with Crippen LogP contribution in [0.2, 0.25) is 0 Å². The molecule has 0 saturated carbocycles. The number of hydrogen-bond acceptors (Lipinski definition) is 4. The van der Waals surface area contributed by atoms with Crippen molar-refractivity contribution in [2.45, 2.75) is 20.0 Å². The molecule has 0 fully saturated rings. The van der Waals surface area contributed by atoms with Gasteiger partial charge in [0.2, 0.25) is 0 Å². The first kappa shape index (κ1) is 18.2. The molecule has 0 saturated heterocycles. The molecule has 27 heavy (non-hydrogen) atoms. The number of aryl methyl sites for hydroxylation is 1. The van der Waals surface area contributed by atoms with Crippen LogP contribution in [-0.2, 0) is 13.1 Å². The quantitative estimate of drug-likeness (QED) is 0.505. The van der Waals surface area contributed by atoms with E-state index in [1.807, 2.05) is 30.3 Å². The second kappa shape index (κ2) is 8.18. The van der Waals surface area contributed by atoms with Crippen molar-refractivity contribution in [2.24, 2.45) is 0 Å². The van der Waals surface area contributed by atoms with Crippen LogP contribution in [0, 0.1) is 17.0 Å². The van der Waals surface area contributed by atoms with Gasteiger partial charge in [0.25, 0.3) is 5.69 Å². The molecule has 1 aromatic heterocycles. The molecule has 0 aliphatic carbocycles. The Hall–Kier alpha value is -3.61. The summed E-state index contributed by atoms with van der Waals surface area (Å²) in [5.74, 6) is 0.668. The molecule has 138 valence electrons. The Morgan fingerprint density at radius 3 is 2.52 bits per heavy atom. The number of nitrogens with zero attached hydrogens (tertiary/aromatic N) is 2. The Morgan fingerprint density at radius 1 is 1.11 bits per heavy atom. The third-order valence-corrected chi connectivity index (χ3v) is 4.08. The van der Waals surface area contributed by atoms with Crippen LogP contribution < -0.4 is 5.32 Å². The van der Waals surface area contributed by atoms with Gasteiger partial charge in [-0.05, 0) is 36.8 Å². The molecule has 0 aliphatic heterocycles. The summed E-state index contributed by atoms with van der Waals surface area (Å²) in [5.41, 5.74) is 1.99. The zero-order valence-corrected chi connectivity index (χ0v) is 14.8. The summed E-state index contributed by atoms with van der Waals surface area (Å²) in [5, 5.41) is 13.7.